The molecule has 5 fully saturated rings. The van der Waals surface area contributed by atoms with Gasteiger partial charge in [0.2, 0.25) is 0 Å². The van der Waals surface area contributed by atoms with Crippen molar-refractivity contribution >= 4 is 0 Å². The number of aliphatic hydroxyl groups excluding tert-OH is 1. The first-order valence-corrected chi connectivity index (χ1v) is 13.8. The zero-order valence-corrected chi connectivity index (χ0v) is 20.8. The van der Waals surface area contributed by atoms with Crippen LogP contribution in [0.25, 0.3) is 0 Å². The topological polar surface area (TPSA) is 32.8 Å². The van der Waals surface area contributed by atoms with Crippen LogP contribution in [0.5, 0.6) is 0 Å². The Bertz CT molecular complexity index is 780. The number of rotatable bonds is 2. The first kappa shape index (κ1) is 21.2. The Labute approximate surface area is 190 Å². The lowest BCUT2D eigenvalue weighted by Crippen LogP contribution is -2.60. The Balaban J connectivity index is 1.38. The summed E-state index contributed by atoms with van der Waals surface area (Å²) in [6.45, 7) is 13.6. The van der Waals surface area contributed by atoms with Gasteiger partial charge in [-0.05, 0) is 111 Å². The van der Waals surface area contributed by atoms with Crippen molar-refractivity contribution in [2.24, 2.45) is 51.8 Å². The summed E-state index contributed by atoms with van der Waals surface area (Å²) in [6.07, 6.45) is 13.9. The molecule has 1 aliphatic heterocycles. The molecule has 0 amide bonds. The fourth-order valence-electron chi connectivity index (χ4n) is 10.9. The van der Waals surface area contributed by atoms with Gasteiger partial charge >= 0.3 is 0 Å². The predicted molar refractivity (Wildman–Crippen MR) is 126 cm³/mol. The van der Waals surface area contributed by atoms with Crippen LogP contribution in [0.3, 0.4) is 0 Å². The van der Waals surface area contributed by atoms with E-state index >= 15 is 0 Å². The Hall–Kier alpha value is -0.340. The average Bonchev–Trinajstić information content (AvgIpc) is 3.51. The largest absolute Gasteiger partial charge is 0.393 e. The van der Waals surface area contributed by atoms with Gasteiger partial charge in [0.25, 0.3) is 0 Å². The summed E-state index contributed by atoms with van der Waals surface area (Å²) in [5, 5.41) is 10.6. The fraction of sp³-hybridized carbons (Fsp3) is 0.931. The molecule has 0 spiro atoms. The van der Waals surface area contributed by atoms with Crippen molar-refractivity contribution in [1.82, 2.24) is 0 Å². The Morgan fingerprint density at radius 2 is 1.58 bits per heavy atom. The van der Waals surface area contributed by atoms with E-state index in [4.69, 9.17) is 4.74 Å². The average molecular weight is 427 g/mol. The van der Waals surface area contributed by atoms with E-state index < -0.39 is 0 Å². The molecule has 0 aromatic heterocycles. The van der Waals surface area contributed by atoms with E-state index in [9.17, 15) is 5.11 Å². The molecule has 5 aliphatic carbocycles. The second-order valence-corrected chi connectivity index (χ2v) is 13.6. The number of allylic oxidation sites excluding steroid dienone is 1. The van der Waals surface area contributed by atoms with E-state index in [-0.39, 0.29) is 6.10 Å². The van der Waals surface area contributed by atoms with Crippen LogP contribution >= 0.6 is 0 Å². The van der Waals surface area contributed by atoms with E-state index in [2.05, 4.69) is 34.6 Å². The number of hydrogen-bond donors (Lipinski definition) is 1. The maximum absolute atomic E-state index is 10.6. The Morgan fingerprint density at radius 3 is 2.29 bits per heavy atom. The molecule has 2 heteroatoms. The van der Waals surface area contributed by atoms with Gasteiger partial charge in [0.1, 0.15) is 0 Å². The third-order valence-corrected chi connectivity index (χ3v) is 12.4. The summed E-state index contributed by atoms with van der Waals surface area (Å²) in [5.41, 5.74) is 5.11. The van der Waals surface area contributed by atoms with Gasteiger partial charge in [0.05, 0.1) is 18.8 Å². The number of epoxide rings is 1. The van der Waals surface area contributed by atoms with Crippen LogP contribution in [0.15, 0.2) is 11.1 Å². The molecule has 1 N–H and O–H groups in total. The number of aliphatic hydroxyl groups is 1. The van der Waals surface area contributed by atoms with Crippen molar-refractivity contribution in [2.45, 2.75) is 111 Å². The molecule has 31 heavy (non-hydrogen) atoms. The van der Waals surface area contributed by atoms with E-state index in [1.54, 1.807) is 0 Å². The van der Waals surface area contributed by atoms with Crippen molar-refractivity contribution < 1.29 is 9.84 Å². The summed E-state index contributed by atoms with van der Waals surface area (Å²) >= 11 is 0. The first-order valence-electron chi connectivity index (χ1n) is 13.8. The summed E-state index contributed by atoms with van der Waals surface area (Å²) in [6, 6.07) is 0. The van der Waals surface area contributed by atoms with Gasteiger partial charge in [-0.2, -0.15) is 0 Å². The second-order valence-electron chi connectivity index (χ2n) is 13.6. The van der Waals surface area contributed by atoms with Crippen molar-refractivity contribution in [2.75, 3.05) is 6.61 Å². The van der Waals surface area contributed by atoms with Gasteiger partial charge in [-0.25, -0.2) is 0 Å². The molecule has 6 rings (SSSR count). The molecule has 1 heterocycles. The highest BCUT2D eigenvalue weighted by molar-refractivity contribution is 5.38. The van der Waals surface area contributed by atoms with Gasteiger partial charge in [-0.1, -0.05) is 45.8 Å². The fourth-order valence-corrected chi connectivity index (χ4v) is 10.9. The highest BCUT2D eigenvalue weighted by Crippen LogP contribution is 2.72. The molecule has 0 radical (unpaired) electrons. The van der Waals surface area contributed by atoms with Crippen LogP contribution in [0.4, 0.5) is 0 Å². The van der Waals surface area contributed by atoms with Crippen LogP contribution < -0.4 is 0 Å². The van der Waals surface area contributed by atoms with Crippen LogP contribution in [0.1, 0.15) is 98.8 Å². The van der Waals surface area contributed by atoms with Gasteiger partial charge in [-0.3, -0.25) is 0 Å². The number of hydrogen-bond acceptors (Lipinski definition) is 2. The monoisotopic (exact) mass is 426 g/mol. The van der Waals surface area contributed by atoms with E-state index in [0.29, 0.717) is 34.2 Å². The minimum Gasteiger partial charge on any atom is -0.393 e. The molecular weight excluding hydrogens is 380 g/mol. The van der Waals surface area contributed by atoms with E-state index in [1.807, 2.05) is 11.1 Å². The molecule has 10 unspecified atom stereocenters. The van der Waals surface area contributed by atoms with Crippen molar-refractivity contribution in [3.05, 3.63) is 11.1 Å². The van der Waals surface area contributed by atoms with Gasteiger partial charge in [0.15, 0.2) is 0 Å². The third kappa shape index (κ3) is 2.70. The number of ether oxygens (including phenoxy) is 1. The van der Waals surface area contributed by atoms with Crippen molar-refractivity contribution in [1.29, 1.82) is 0 Å². The Kier molecular flexibility index (Phi) is 4.68. The highest BCUT2D eigenvalue weighted by atomic mass is 16.6. The normalized spacial score (nSPS) is 56.0. The molecule has 6 aliphatic rings. The molecule has 0 bridgehead atoms. The first-order chi connectivity index (χ1) is 14.7. The SMILES string of the molecule is CC(C)C1=C2C3CCC4C(C)(CCC5C(C)C(O)CCC54C)C3CCC2(C2CO2)CC1. The predicted octanol–water partition coefficient (Wildman–Crippen LogP) is 6.77. The second kappa shape index (κ2) is 6.84. The number of fused-ring (bicyclic) bond motifs is 7. The van der Waals surface area contributed by atoms with Crippen LogP contribution in [0, 0.1) is 51.8 Å². The van der Waals surface area contributed by atoms with Gasteiger partial charge < -0.3 is 9.84 Å². The van der Waals surface area contributed by atoms with Crippen molar-refractivity contribution in [3.63, 3.8) is 0 Å². The summed E-state index contributed by atoms with van der Waals surface area (Å²) < 4.78 is 6.04. The molecule has 4 saturated carbocycles. The summed E-state index contributed by atoms with van der Waals surface area (Å²) in [4.78, 5) is 0. The van der Waals surface area contributed by atoms with Gasteiger partial charge in [-0.15, -0.1) is 0 Å². The lowest BCUT2D eigenvalue weighted by molar-refractivity contribution is -0.178. The van der Waals surface area contributed by atoms with Crippen molar-refractivity contribution in [3.8, 4) is 0 Å². The van der Waals surface area contributed by atoms with E-state index in [1.165, 1.54) is 57.8 Å². The zero-order chi connectivity index (χ0) is 21.8. The van der Waals surface area contributed by atoms with E-state index in [0.717, 1.165) is 36.7 Å². The molecule has 174 valence electrons. The minimum absolute atomic E-state index is 0.0650. The Morgan fingerprint density at radius 1 is 0.903 bits per heavy atom. The van der Waals surface area contributed by atoms with Gasteiger partial charge in [0, 0.05) is 5.41 Å². The molecule has 0 aromatic carbocycles. The standard InChI is InChI=1S/C29H46O2/c1-17(2)19-8-14-29(25-16-31-25)15-10-22-20(26(19)29)6-7-24-27(4)13-11-23(30)18(3)21(27)9-12-28(22,24)5/h17-18,20-25,30H,6-16H2,1-5H3. The van der Waals surface area contributed by atoms with Crippen LogP contribution in [-0.4, -0.2) is 23.9 Å². The third-order valence-electron chi connectivity index (χ3n) is 12.4. The summed E-state index contributed by atoms with van der Waals surface area (Å²) in [5.74, 6) is 4.46. The molecule has 1 saturated heterocycles. The zero-order valence-electron chi connectivity index (χ0n) is 20.8. The lowest BCUT2D eigenvalue weighted by Gasteiger charge is -2.67. The minimum atomic E-state index is -0.0650. The maximum atomic E-state index is 10.6. The molecule has 2 nitrogen and oxygen atoms in total. The highest BCUT2D eigenvalue weighted by Gasteiger charge is 2.65. The lowest BCUT2D eigenvalue weighted by atomic mass is 9.38. The van der Waals surface area contributed by atoms with Crippen LogP contribution in [-0.2, 0) is 4.74 Å². The van der Waals surface area contributed by atoms with Crippen LogP contribution in [0.2, 0.25) is 0 Å². The molecule has 10 atom stereocenters. The maximum Gasteiger partial charge on any atom is 0.0903 e. The smallest absolute Gasteiger partial charge is 0.0903 e. The molecular formula is C29H46O2. The molecule has 0 aromatic rings. The summed E-state index contributed by atoms with van der Waals surface area (Å²) in [7, 11) is 0. The quantitative estimate of drug-likeness (QED) is 0.390.